The maximum atomic E-state index is 14.3. The molecule has 7 nitrogen and oxygen atoms in total. The molecule has 2 amide bonds. The first kappa shape index (κ1) is 17.9. The second-order valence-electron chi connectivity index (χ2n) is 6.12. The van der Waals surface area contributed by atoms with Crippen molar-refractivity contribution in [3.05, 3.63) is 97.0 Å². The van der Waals surface area contributed by atoms with Crippen molar-refractivity contribution in [2.45, 2.75) is 6.92 Å². The van der Waals surface area contributed by atoms with Gasteiger partial charge in [-0.05, 0) is 37.3 Å². The van der Waals surface area contributed by atoms with Crippen LogP contribution in [0.2, 0.25) is 5.02 Å². The Hall–Kier alpha value is -3.52. The van der Waals surface area contributed by atoms with Crippen molar-refractivity contribution in [2.24, 2.45) is 0 Å². The average Bonchev–Trinajstić information content (AvgIpc) is 2.89. The monoisotopic (exact) mass is 399 g/mol. The van der Waals surface area contributed by atoms with E-state index < -0.39 is 28.9 Å². The minimum Gasteiger partial charge on any atom is -0.269 e. The fourth-order valence-corrected chi connectivity index (χ4v) is 3.29. The summed E-state index contributed by atoms with van der Waals surface area (Å²) in [7, 11) is 0. The Kier molecular flexibility index (Phi) is 4.01. The first-order chi connectivity index (χ1) is 13.3. The fourth-order valence-electron chi connectivity index (χ4n) is 3.13. The number of imide groups is 1. The number of amides is 2. The molecule has 3 aromatic rings. The van der Waals surface area contributed by atoms with Crippen LogP contribution < -0.4 is 16.3 Å². The molecule has 0 radical (unpaired) electrons. The predicted molar refractivity (Wildman–Crippen MR) is 99.3 cm³/mol. The zero-order chi connectivity index (χ0) is 20.2. The number of fused-ring (bicyclic) bond motifs is 1. The lowest BCUT2D eigenvalue weighted by atomic mass is 10.1. The SMILES string of the molecule is Cc1cc(=O)n(-c2ccc(Cl)cc2F)c(=O)n1N1C(=O)c2ccccc2C1=O. The summed E-state index contributed by atoms with van der Waals surface area (Å²) in [6.07, 6.45) is 0. The first-order valence-corrected chi connectivity index (χ1v) is 8.48. The van der Waals surface area contributed by atoms with Gasteiger partial charge >= 0.3 is 5.69 Å². The number of benzene rings is 2. The fraction of sp³-hybridized carbons (Fsp3) is 0.0526. The van der Waals surface area contributed by atoms with Crippen LogP contribution in [0.1, 0.15) is 26.4 Å². The van der Waals surface area contributed by atoms with Gasteiger partial charge in [0.15, 0.2) is 0 Å². The van der Waals surface area contributed by atoms with Gasteiger partial charge in [-0.2, -0.15) is 9.69 Å². The standard InChI is InChI=1S/C19H11ClFN3O4/c1-10-8-16(25)22(15-7-6-11(20)9-14(15)21)19(28)23(10)24-17(26)12-4-2-3-5-13(12)18(24)27/h2-9H,1H3. The van der Waals surface area contributed by atoms with Gasteiger partial charge in [0.2, 0.25) is 0 Å². The summed E-state index contributed by atoms with van der Waals surface area (Å²) in [5.41, 5.74) is -1.89. The largest absolute Gasteiger partial charge is 0.355 e. The third kappa shape index (κ3) is 2.49. The molecule has 0 saturated carbocycles. The summed E-state index contributed by atoms with van der Waals surface area (Å²) in [6.45, 7) is 1.40. The number of carbonyl (C=O) groups excluding carboxylic acids is 2. The molecule has 2 heterocycles. The molecule has 0 unspecified atom stereocenters. The van der Waals surface area contributed by atoms with E-state index >= 15 is 0 Å². The van der Waals surface area contributed by atoms with Gasteiger partial charge in [-0.1, -0.05) is 23.7 Å². The summed E-state index contributed by atoms with van der Waals surface area (Å²) < 4.78 is 15.6. The maximum absolute atomic E-state index is 14.3. The molecule has 0 N–H and O–H groups in total. The van der Waals surface area contributed by atoms with Crippen LogP contribution in [0.25, 0.3) is 5.69 Å². The number of rotatable bonds is 2. The highest BCUT2D eigenvalue weighted by Gasteiger charge is 2.38. The van der Waals surface area contributed by atoms with E-state index in [1.165, 1.54) is 31.2 Å². The van der Waals surface area contributed by atoms with E-state index in [0.717, 1.165) is 16.8 Å². The highest BCUT2D eigenvalue weighted by molar-refractivity contribution is 6.31. The number of hydrogen-bond donors (Lipinski definition) is 0. The maximum Gasteiger partial charge on any atom is 0.355 e. The molecule has 140 valence electrons. The topological polar surface area (TPSA) is 81.4 Å². The minimum atomic E-state index is -1.05. The van der Waals surface area contributed by atoms with Crippen LogP contribution in [0.5, 0.6) is 0 Å². The molecule has 0 fully saturated rings. The Morgan fingerprint density at radius 3 is 2.07 bits per heavy atom. The van der Waals surface area contributed by atoms with Crippen LogP contribution in [0.4, 0.5) is 4.39 Å². The van der Waals surface area contributed by atoms with Gasteiger partial charge in [0.25, 0.3) is 17.4 Å². The zero-order valence-electron chi connectivity index (χ0n) is 14.3. The Balaban J connectivity index is 1.98. The molecule has 1 aliphatic heterocycles. The molecule has 0 bridgehead atoms. The Bertz CT molecular complexity index is 1260. The second kappa shape index (κ2) is 6.28. The minimum absolute atomic E-state index is 0.0510. The molecule has 0 atom stereocenters. The van der Waals surface area contributed by atoms with Crippen molar-refractivity contribution in [1.82, 2.24) is 9.24 Å². The number of nitrogens with zero attached hydrogens (tertiary/aromatic N) is 3. The van der Waals surface area contributed by atoms with Crippen LogP contribution in [-0.4, -0.2) is 21.1 Å². The highest BCUT2D eigenvalue weighted by Crippen LogP contribution is 2.22. The molecular formula is C19H11ClFN3O4. The van der Waals surface area contributed by atoms with E-state index in [1.54, 1.807) is 12.1 Å². The van der Waals surface area contributed by atoms with E-state index in [9.17, 15) is 23.6 Å². The summed E-state index contributed by atoms with van der Waals surface area (Å²) in [6, 6.07) is 10.6. The van der Waals surface area contributed by atoms with E-state index in [1.807, 2.05) is 0 Å². The zero-order valence-corrected chi connectivity index (χ0v) is 15.1. The quantitative estimate of drug-likeness (QED) is 0.617. The third-order valence-corrected chi connectivity index (χ3v) is 4.62. The van der Waals surface area contributed by atoms with Crippen LogP contribution in [-0.2, 0) is 0 Å². The first-order valence-electron chi connectivity index (χ1n) is 8.10. The van der Waals surface area contributed by atoms with Crippen molar-refractivity contribution in [3.8, 4) is 5.69 Å². The number of carbonyl (C=O) groups is 2. The van der Waals surface area contributed by atoms with Gasteiger partial charge in [-0.25, -0.2) is 13.8 Å². The van der Waals surface area contributed by atoms with E-state index in [-0.39, 0.29) is 27.5 Å². The summed E-state index contributed by atoms with van der Waals surface area (Å²) in [5, 5.41) is 0.730. The van der Waals surface area contributed by atoms with Gasteiger partial charge in [0, 0.05) is 16.8 Å². The Labute approximate surface area is 161 Å². The van der Waals surface area contributed by atoms with Crippen LogP contribution in [0.3, 0.4) is 0 Å². The molecule has 2 aromatic carbocycles. The number of aromatic nitrogens is 2. The molecule has 1 aliphatic rings. The smallest absolute Gasteiger partial charge is 0.269 e. The molecule has 4 rings (SSSR count). The van der Waals surface area contributed by atoms with Gasteiger partial charge in [0.1, 0.15) is 5.82 Å². The normalized spacial score (nSPS) is 13.2. The molecule has 28 heavy (non-hydrogen) atoms. The number of aryl methyl sites for hydroxylation is 1. The molecular weight excluding hydrogens is 389 g/mol. The van der Waals surface area contributed by atoms with Crippen molar-refractivity contribution in [1.29, 1.82) is 0 Å². The van der Waals surface area contributed by atoms with E-state index in [0.29, 0.717) is 9.58 Å². The van der Waals surface area contributed by atoms with Crippen molar-refractivity contribution >= 4 is 23.4 Å². The summed E-state index contributed by atoms with van der Waals surface area (Å²) in [5.74, 6) is -2.33. The van der Waals surface area contributed by atoms with Gasteiger partial charge in [-0.15, -0.1) is 0 Å². The van der Waals surface area contributed by atoms with Crippen LogP contribution >= 0.6 is 11.6 Å². The van der Waals surface area contributed by atoms with Crippen LogP contribution in [0, 0.1) is 12.7 Å². The lowest BCUT2D eigenvalue weighted by molar-refractivity contribution is 0.0881. The molecule has 9 heteroatoms. The number of hydrogen-bond acceptors (Lipinski definition) is 4. The van der Waals surface area contributed by atoms with Crippen molar-refractivity contribution in [3.63, 3.8) is 0 Å². The third-order valence-electron chi connectivity index (χ3n) is 4.38. The lowest BCUT2D eigenvalue weighted by Crippen LogP contribution is -2.52. The van der Waals surface area contributed by atoms with Crippen molar-refractivity contribution in [2.75, 3.05) is 5.01 Å². The Morgan fingerprint density at radius 1 is 0.893 bits per heavy atom. The number of halogens is 2. The van der Waals surface area contributed by atoms with Crippen molar-refractivity contribution < 1.29 is 14.0 Å². The van der Waals surface area contributed by atoms with Gasteiger partial charge < -0.3 is 0 Å². The molecule has 0 saturated heterocycles. The van der Waals surface area contributed by atoms with Gasteiger partial charge in [-0.3, -0.25) is 14.4 Å². The second-order valence-corrected chi connectivity index (χ2v) is 6.55. The lowest BCUT2D eigenvalue weighted by Gasteiger charge is -2.20. The summed E-state index contributed by atoms with van der Waals surface area (Å²) >= 11 is 5.73. The molecule has 0 aliphatic carbocycles. The molecule has 1 aromatic heterocycles. The van der Waals surface area contributed by atoms with Gasteiger partial charge in [0.05, 0.1) is 16.8 Å². The predicted octanol–water partition coefficient (Wildman–Crippen LogP) is 2.03. The highest BCUT2D eigenvalue weighted by atomic mass is 35.5. The average molecular weight is 400 g/mol. The molecule has 0 spiro atoms. The van der Waals surface area contributed by atoms with Crippen LogP contribution in [0.15, 0.2) is 58.1 Å². The van der Waals surface area contributed by atoms with E-state index in [4.69, 9.17) is 11.6 Å². The Morgan fingerprint density at radius 2 is 1.50 bits per heavy atom. The van der Waals surface area contributed by atoms with E-state index in [2.05, 4.69) is 0 Å². The summed E-state index contributed by atoms with van der Waals surface area (Å²) in [4.78, 5) is 50.9.